The molecule has 0 amide bonds. The summed E-state index contributed by atoms with van der Waals surface area (Å²) >= 11 is 0. The minimum Gasteiger partial charge on any atom is -0.297 e. The molecule has 0 unspecified atom stereocenters. The van der Waals surface area contributed by atoms with Crippen LogP contribution < -0.4 is 37.7 Å². The molecule has 94 valence electrons. The first-order valence-electron chi connectivity index (χ1n) is 6.57. The molecule has 1 aliphatic heterocycles. The topological polar surface area (TPSA) is 0 Å². The molecule has 0 atom stereocenters. The van der Waals surface area contributed by atoms with Crippen molar-refractivity contribution in [2.45, 2.75) is 13.1 Å². The van der Waals surface area contributed by atoms with E-state index >= 15 is 0 Å². The van der Waals surface area contributed by atoms with Gasteiger partial charge in [0.1, 0.15) is 0 Å². The minimum atomic E-state index is -1.61. The first-order chi connectivity index (χ1) is 9.16. The maximum atomic E-state index is 3.70. The van der Waals surface area contributed by atoms with Crippen LogP contribution in [0.25, 0.3) is 11.1 Å². The van der Waals surface area contributed by atoms with Crippen LogP contribution in [0.3, 0.4) is 0 Å². The Balaban J connectivity index is 0.00000110. The van der Waals surface area contributed by atoms with E-state index in [4.69, 9.17) is 0 Å². The van der Waals surface area contributed by atoms with E-state index in [1.54, 1.807) is 0 Å². The van der Waals surface area contributed by atoms with Gasteiger partial charge in [0.2, 0.25) is 0 Å². The molecular formula is C18H16Li2Si. The summed E-state index contributed by atoms with van der Waals surface area (Å²) < 4.78 is 0. The Labute approximate surface area is 152 Å². The molecule has 21 heavy (non-hydrogen) atoms. The zero-order valence-corrected chi connectivity index (χ0v) is 14.3. The van der Waals surface area contributed by atoms with E-state index in [0.29, 0.717) is 0 Å². The van der Waals surface area contributed by atoms with Gasteiger partial charge < -0.3 is 0 Å². The van der Waals surface area contributed by atoms with Crippen LogP contribution in [0.4, 0.5) is 0 Å². The Kier molecular flexibility index (Phi) is 6.61. The summed E-state index contributed by atoms with van der Waals surface area (Å²) in [6.45, 7) is 4.57. The molecule has 0 saturated heterocycles. The summed E-state index contributed by atoms with van der Waals surface area (Å²) in [5.41, 5.74) is 12.3. The van der Waals surface area contributed by atoms with Gasteiger partial charge in [-0.1, -0.05) is 57.6 Å². The maximum absolute atomic E-state index is 3.70. The molecule has 0 spiro atoms. The molecule has 1 heterocycles. The van der Waals surface area contributed by atoms with Crippen molar-refractivity contribution in [1.29, 1.82) is 0 Å². The smallest absolute Gasteiger partial charge is 0.297 e. The first-order valence-corrected chi connectivity index (χ1v) is 9.57. The van der Waals surface area contributed by atoms with Crippen LogP contribution in [0.15, 0.2) is 60.7 Å². The van der Waals surface area contributed by atoms with Crippen LogP contribution >= 0.6 is 0 Å². The van der Waals surface area contributed by atoms with Gasteiger partial charge in [-0.25, -0.2) is 0 Å². The second-order valence-electron chi connectivity index (χ2n) is 5.36. The Bertz CT molecular complexity index is 586. The number of allylic oxidation sites excluding steroid dienone is 2. The molecule has 1 aliphatic rings. The van der Waals surface area contributed by atoms with Crippen molar-refractivity contribution >= 4 is 19.2 Å². The normalized spacial score (nSPS) is 15.3. The maximum Gasteiger partial charge on any atom is 1.00 e. The van der Waals surface area contributed by atoms with Gasteiger partial charge in [-0.05, 0) is 0 Å². The van der Waals surface area contributed by atoms with Crippen molar-refractivity contribution in [1.82, 2.24) is 0 Å². The molecule has 0 aliphatic carbocycles. The molecule has 0 nitrogen and oxygen atoms in total. The first kappa shape index (κ1) is 18.4. The van der Waals surface area contributed by atoms with Crippen LogP contribution in [-0.2, 0) is 0 Å². The summed E-state index contributed by atoms with van der Waals surface area (Å²) in [5, 5.41) is 0. The van der Waals surface area contributed by atoms with Gasteiger partial charge in [0.25, 0.3) is 0 Å². The summed E-state index contributed by atoms with van der Waals surface area (Å²) in [5.74, 6) is 0. The Morgan fingerprint density at radius 1 is 0.619 bits per heavy atom. The fourth-order valence-electron chi connectivity index (χ4n) is 2.42. The van der Waals surface area contributed by atoms with E-state index in [-0.39, 0.29) is 37.7 Å². The monoisotopic (exact) mass is 274 g/mol. The third-order valence-electron chi connectivity index (χ3n) is 3.25. The quantitative estimate of drug-likeness (QED) is 0.465. The van der Waals surface area contributed by atoms with Crippen LogP contribution in [0, 0.1) is 11.4 Å². The Morgan fingerprint density at radius 3 is 1.29 bits per heavy atom. The molecule has 0 fully saturated rings. The third kappa shape index (κ3) is 4.17. The van der Waals surface area contributed by atoms with E-state index in [0.717, 1.165) is 0 Å². The van der Waals surface area contributed by atoms with E-state index in [1.807, 2.05) is 0 Å². The van der Waals surface area contributed by atoms with E-state index in [9.17, 15) is 0 Å². The second-order valence-corrected chi connectivity index (χ2v) is 9.11. The van der Waals surface area contributed by atoms with E-state index in [2.05, 4.69) is 85.2 Å². The molecule has 0 bridgehead atoms. The average molecular weight is 274 g/mol. The van der Waals surface area contributed by atoms with Crippen molar-refractivity contribution in [3.63, 3.8) is 0 Å². The van der Waals surface area contributed by atoms with Gasteiger partial charge in [0.05, 0.1) is 0 Å². The molecule has 3 rings (SSSR count). The fourth-order valence-corrected chi connectivity index (χ4v) is 4.28. The molecular weight excluding hydrogens is 258 g/mol. The van der Waals surface area contributed by atoms with Gasteiger partial charge >= 0.3 is 37.7 Å². The summed E-state index contributed by atoms with van der Waals surface area (Å²) in [6, 6.07) is 21.1. The zero-order valence-electron chi connectivity index (χ0n) is 13.3. The fraction of sp³-hybridized carbons (Fsp3) is 0.111. The predicted octanol–water partition coefficient (Wildman–Crippen LogP) is -1.43. The standard InChI is InChI=1S/C18H16Si.2Li/c1-19(2)13-17(15-9-5-3-6-10-15)18(14-19)16-11-7-4-8-12-16;;/h3-12H,1-2H3;;/q-2;2*+1. The molecule has 0 radical (unpaired) electrons. The van der Waals surface area contributed by atoms with Crippen molar-refractivity contribution in [2.75, 3.05) is 0 Å². The van der Waals surface area contributed by atoms with Crippen molar-refractivity contribution in [2.24, 2.45) is 0 Å². The Hall–Kier alpha value is -0.668. The molecule has 0 saturated carbocycles. The van der Waals surface area contributed by atoms with E-state index < -0.39 is 8.07 Å². The number of rotatable bonds is 2. The van der Waals surface area contributed by atoms with Crippen molar-refractivity contribution < 1.29 is 37.7 Å². The summed E-state index contributed by atoms with van der Waals surface area (Å²) in [4.78, 5) is 0. The molecule has 0 aromatic heterocycles. The van der Waals surface area contributed by atoms with Crippen LogP contribution in [0.1, 0.15) is 11.1 Å². The summed E-state index contributed by atoms with van der Waals surface area (Å²) in [6.07, 6.45) is 0. The largest absolute Gasteiger partial charge is 1.00 e. The average Bonchev–Trinajstić information content (AvgIpc) is 2.77. The predicted molar refractivity (Wildman–Crippen MR) is 83.7 cm³/mol. The Morgan fingerprint density at radius 2 is 0.952 bits per heavy atom. The summed E-state index contributed by atoms with van der Waals surface area (Å²) in [7, 11) is -1.61. The van der Waals surface area contributed by atoms with Crippen molar-refractivity contribution in [3.05, 3.63) is 83.2 Å². The van der Waals surface area contributed by atoms with Crippen LogP contribution in [-0.4, -0.2) is 8.07 Å². The van der Waals surface area contributed by atoms with Gasteiger partial charge in [0, 0.05) is 0 Å². The second kappa shape index (κ2) is 7.55. The van der Waals surface area contributed by atoms with Gasteiger partial charge in [-0.3, -0.25) is 22.5 Å². The number of hydrogen-bond donors (Lipinski definition) is 0. The zero-order chi connectivity index (χ0) is 13.3. The molecule has 0 N–H and O–H groups in total. The SMILES string of the molecule is C[Si]1(C)[C-]=C(c2ccccc2)C(c2ccccc2)=[C-]1.[Li+].[Li+]. The number of benzene rings is 2. The van der Waals surface area contributed by atoms with Gasteiger partial charge in [-0.2, -0.15) is 11.1 Å². The molecule has 2 aromatic rings. The third-order valence-corrected chi connectivity index (χ3v) is 5.00. The van der Waals surface area contributed by atoms with Crippen molar-refractivity contribution in [3.8, 4) is 0 Å². The van der Waals surface area contributed by atoms with Gasteiger partial charge in [0.15, 0.2) is 0 Å². The van der Waals surface area contributed by atoms with Crippen LogP contribution in [0.5, 0.6) is 0 Å². The van der Waals surface area contributed by atoms with Crippen LogP contribution in [0.2, 0.25) is 13.1 Å². The molecule has 3 heteroatoms. The number of hydrogen-bond acceptors (Lipinski definition) is 0. The minimum absolute atomic E-state index is 0. The van der Waals surface area contributed by atoms with Gasteiger partial charge in [-0.15, -0.1) is 24.3 Å². The van der Waals surface area contributed by atoms with E-state index in [1.165, 1.54) is 22.3 Å². The molecule has 2 aromatic carbocycles.